The van der Waals surface area contributed by atoms with E-state index in [-0.39, 0.29) is 0 Å². The highest BCUT2D eigenvalue weighted by molar-refractivity contribution is 5.77. The number of rotatable bonds is 5. The molecule has 3 saturated heterocycles. The van der Waals surface area contributed by atoms with Crippen molar-refractivity contribution in [2.45, 2.75) is 52.1 Å². The van der Waals surface area contributed by atoms with Crippen molar-refractivity contribution >= 4 is 5.91 Å². The van der Waals surface area contributed by atoms with Crippen LogP contribution in [0, 0.1) is 19.8 Å². The standard InChI is InChI=1S/C23H32N4O/c1-17-22(18(2)25(3)24-17)11-12-23(28)27-15-20-9-10-21(27)16-26(14-20)13-19-7-5-4-6-8-19/h4-8,20-21H,9-16H2,1-3H3/t20-,21+/m1/s1. The molecular formula is C23H32N4O. The Morgan fingerprint density at radius 2 is 1.89 bits per heavy atom. The van der Waals surface area contributed by atoms with Crippen LogP contribution in [0.3, 0.4) is 0 Å². The van der Waals surface area contributed by atoms with Crippen LogP contribution < -0.4 is 0 Å². The molecule has 2 bridgehead atoms. The van der Waals surface area contributed by atoms with Gasteiger partial charge in [0, 0.05) is 51.4 Å². The van der Waals surface area contributed by atoms with Crippen molar-refractivity contribution < 1.29 is 4.79 Å². The summed E-state index contributed by atoms with van der Waals surface area (Å²) in [4.78, 5) is 17.8. The maximum atomic E-state index is 13.1. The normalized spacial score (nSPS) is 22.5. The van der Waals surface area contributed by atoms with Gasteiger partial charge in [0.1, 0.15) is 0 Å². The smallest absolute Gasteiger partial charge is 0.223 e. The van der Waals surface area contributed by atoms with E-state index >= 15 is 0 Å². The Labute approximate surface area is 168 Å². The van der Waals surface area contributed by atoms with E-state index in [2.05, 4.69) is 52.2 Å². The van der Waals surface area contributed by atoms with Crippen molar-refractivity contribution in [2.24, 2.45) is 13.0 Å². The van der Waals surface area contributed by atoms with Crippen LogP contribution in [0.25, 0.3) is 0 Å². The quantitative estimate of drug-likeness (QED) is 0.800. The van der Waals surface area contributed by atoms with Crippen molar-refractivity contribution in [3.8, 4) is 0 Å². The van der Waals surface area contributed by atoms with Gasteiger partial charge in [-0.2, -0.15) is 5.10 Å². The summed E-state index contributed by atoms with van der Waals surface area (Å²) in [6.07, 6.45) is 3.79. The second kappa shape index (κ2) is 8.08. The van der Waals surface area contributed by atoms with Crippen molar-refractivity contribution in [3.05, 3.63) is 52.8 Å². The zero-order valence-electron chi connectivity index (χ0n) is 17.4. The van der Waals surface area contributed by atoms with Gasteiger partial charge in [-0.25, -0.2) is 0 Å². The third kappa shape index (κ3) is 4.00. The lowest BCUT2D eigenvalue weighted by Crippen LogP contribution is -2.47. The number of carbonyl (C=O) groups is 1. The number of amides is 1. The molecule has 0 radical (unpaired) electrons. The van der Waals surface area contributed by atoms with Gasteiger partial charge in [0.05, 0.1) is 5.69 Å². The molecule has 2 atom stereocenters. The number of hydrogen-bond donors (Lipinski definition) is 0. The maximum Gasteiger partial charge on any atom is 0.223 e. The predicted octanol–water partition coefficient (Wildman–Crippen LogP) is 3.09. The second-order valence-corrected chi connectivity index (χ2v) is 8.60. The molecule has 2 aromatic rings. The largest absolute Gasteiger partial charge is 0.338 e. The second-order valence-electron chi connectivity index (χ2n) is 8.60. The minimum Gasteiger partial charge on any atom is -0.338 e. The maximum absolute atomic E-state index is 13.1. The van der Waals surface area contributed by atoms with E-state index in [4.69, 9.17) is 0 Å². The van der Waals surface area contributed by atoms with Gasteiger partial charge in [0.25, 0.3) is 0 Å². The number of fused-ring (bicyclic) bond motifs is 4. The summed E-state index contributed by atoms with van der Waals surface area (Å²) in [5.41, 5.74) is 4.83. The van der Waals surface area contributed by atoms with Gasteiger partial charge >= 0.3 is 0 Å². The molecule has 1 amide bonds. The Bertz CT molecular complexity index is 829. The fourth-order valence-corrected chi connectivity index (χ4v) is 5.01. The highest BCUT2D eigenvalue weighted by Gasteiger charge is 2.36. The van der Waals surface area contributed by atoms with E-state index in [1.165, 1.54) is 23.2 Å². The molecule has 4 heterocycles. The van der Waals surface area contributed by atoms with Crippen LogP contribution in [0.5, 0.6) is 0 Å². The first-order chi connectivity index (χ1) is 13.5. The summed E-state index contributed by atoms with van der Waals surface area (Å²) < 4.78 is 1.92. The van der Waals surface area contributed by atoms with Gasteiger partial charge in [-0.1, -0.05) is 30.3 Å². The van der Waals surface area contributed by atoms with Gasteiger partial charge in [0.2, 0.25) is 5.91 Å². The van der Waals surface area contributed by atoms with Crippen LogP contribution in [0.1, 0.15) is 41.8 Å². The molecule has 1 aromatic heterocycles. The zero-order valence-corrected chi connectivity index (χ0v) is 17.4. The molecule has 3 aliphatic rings. The van der Waals surface area contributed by atoms with Crippen molar-refractivity contribution in [1.29, 1.82) is 0 Å². The SMILES string of the molecule is Cc1nn(C)c(C)c1CCC(=O)N1C[C@@H]2CC[C@H]1CN(Cc1ccccc1)C2. The van der Waals surface area contributed by atoms with Crippen molar-refractivity contribution in [3.63, 3.8) is 0 Å². The Kier molecular flexibility index (Phi) is 5.54. The highest BCUT2D eigenvalue weighted by Crippen LogP contribution is 2.29. The number of piperidine rings is 1. The van der Waals surface area contributed by atoms with E-state index < -0.39 is 0 Å². The Morgan fingerprint density at radius 1 is 1.11 bits per heavy atom. The molecular weight excluding hydrogens is 348 g/mol. The van der Waals surface area contributed by atoms with Crippen LogP contribution in [-0.4, -0.2) is 51.2 Å². The fraction of sp³-hybridized carbons (Fsp3) is 0.565. The number of nitrogens with zero attached hydrogens (tertiary/aromatic N) is 4. The number of hydrogen-bond acceptors (Lipinski definition) is 3. The average molecular weight is 381 g/mol. The van der Waals surface area contributed by atoms with E-state index in [1.807, 2.05) is 18.7 Å². The molecule has 5 rings (SSSR count). The Morgan fingerprint density at radius 3 is 2.61 bits per heavy atom. The van der Waals surface area contributed by atoms with Gasteiger partial charge in [-0.3, -0.25) is 14.4 Å². The monoisotopic (exact) mass is 380 g/mol. The molecule has 150 valence electrons. The fourth-order valence-electron chi connectivity index (χ4n) is 5.01. The van der Waals surface area contributed by atoms with Crippen LogP contribution in [0.15, 0.2) is 30.3 Å². The topological polar surface area (TPSA) is 41.4 Å². The number of benzene rings is 1. The first-order valence-electron chi connectivity index (χ1n) is 10.6. The van der Waals surface area contributed by atoms with E-state index in [9.17, 15) is 4.79 Å². The van der Waals surface area contributed by atoms with Crippen LogP contribution in [0.2, 0.25) is 0 Å². The summed E-state index contributed by atoms with van der Waals surface area (Å²) in [5, 5.41) is 4.49. The predicted molar refractivity (Wildman–Crippen MR) is 111 cm³/mol. The first kappa shape index (κ1) is 19.2. The molecule has 0 spiro atoms. The molecule has 5 heteroatoms. The van der Waals surface area contributed by atoms with Gasteiger partial charge in [0.15, 0.2) is 0 Å². The molecule has 0 aliphatic carbocycles. The summed E-state index contributed by atoms with van der Waals surface area (Å²) in [7, 11) is 1.97. The first-order valence-corrected chi connectivity index (χ1v) is 10.6. The lowest BCUT2D eigenvalue weighted by atomic mass is 9.94. The summed E-state index contributed by atoms with van der Waals surface area (Å²) >= 11 is 0. The number of aromatic nitrogens is 2. The Hall–Kier alpha value is -2.14. The molecule has 0 saturated carbocycles. The zero-order chi connectivity index (χ0) is 19.7. The Balaban J connectivity index is 1.39. The van der Waals surface area contributed by atoms with Crippen molar-refractivity contribution in [2.75, 3.05) is 19.6 Å². The summed E-state index contributed by atoms with van der Waals surface area (Å²) in [5.74, 6) is 0.923. The van der Waals surface area contributed by atoms with Gasteiger partial charge in [-0.15, -0.1) is 0 Å². The number of carbonyl (C=O) groups excluding carboxylic acids is 1. The highest BCUT2D eigenvalue weighted by atomic mass is 16.2. The molecule has 3 aliphatic heterocycles. The minimum atomic E-state index is 0.318. The lowest BCUT2D eigenvalue weighted by molar-refractivity contribution is -0.135. The van der Waals surface area contributed by atoms with E-state index in [0.717, 1.165) is 44.7 Å². The molecule has 1 aromatic carbocycles. The van der Waals surface area contributed by atoms with Crippen molar-refractivity contribution in [1.82, 2.24) is 19.6 Å². The summed E-state index contributed by atoms with van der Waals surface area (Å²) in [6, 6.07) is 11.1. The van der Waals surface area contributed by atoms with Gasteiger partial charge in [-0.05, 0) is 50.2 Å². The van der Waals surface area contributed by atoms with Crippen LogP contribution >= 0.6 is 0 Å². The summed E-state index contributed by atoms with van der Waals surface area (Å²) in [6.45, 7) is 8.17. The van der Waals surface area contributed by atoms with Crippen LogP contribution in [-0.2, 0) is 24.8 Å². The molecule has 3 fully saturated rings. The molecule has 5 nitrogen and oxygen atoms in total. The lowest BCUT2D eigenvalue weighted by Gasteiger charge is -2.36. The average Bonchev–Trinajstić information content (AvgIpc) is 2.86. The third-order valence-corrected chi connectivity index (χ3v) is 6.61. The van der Waals surface area contributed by atoms with E-state index in [0.29, 0.717) is 24.3 Å². The molecule has 0 N–H and O–H groups in total. The van der Waals surface area contributed by atoms with Gasteiger partial charge < -0.3 is 4.90 Å². The number of aryl methyl sites for hydroxylation is 2. The molecule has 0 unspecified atom stereocenters. The third-order valence-electron chi connectivity index (χ3n) is 6.61. The van der Waals surface area contributed by atoms with E-state index in [1.54, 1.807) is 0 Å². The van der Waals surface area contributed by atoms with Crippen LogP contribution in [0.4, 0.5) is 0 Å². The minimum absolute atomic E-state index is 0.318. The molecule has 28 heavy (non-hydrogen) atoms.